The number of methoxy groups -OCH3 is 2. The third-order valence-corrected chi connectivity index (χ3v) is 3.36. The minimum atomic E-state index is 0.195. The molecule has 1 aromatic carbocycles. The summed E-state index contributed by atoms with van der Waals surface area (Å²) in [5.74, 6) is 1.00. The number of phenols is 1. The van der Waals surface area contributed by atoms with Crippen LogP contribution in [-0.2, 0) is 9.47 Å². The lowest BCUT2D eigenvalue weighted by Gasteiger charge is -2.27. The van der Waals surface area contributed by atoms with Crippen LogP contribution in [0.1, 0.15) is 11.6 Å². The molecule has 2 rings (SSSR count). The lowest BCUT2D eigenvalue weighted by atomic mass is 10.1. The Bertz CT molecular complexity index is 402. The first kappa shape index (κ1) is 14.1. The van der Waals surface area contributed by atoms with E-state index in [1.807, 2.05) is 6.07 Å². The molecule has 0 aliphatic carbocycles. The molecule has 106 valence electrons. The summed E-state index contributed by atoms with van der Waals surface area (Å²) in [5.41, 5.74) is 1.12. The van der Waals surface area contributed by atoms with E-state index in [4.69, 9.17) is 14.2 Å². The smallest absolute Gasteiger partial charge is 0.127 e. The van der Waals surface area contributed by atoms with Crippen LogP contribution in [0.5, 0.6) is 11.5 Å². The molecular formula is C14H21NO4. The fourth-order valence-corrected chi connectivity index (χ4v) is 2.32. The predicted octanol–water partition coefficient (Wildman–Crippen LogP) is 1.42. The molecule has 1 atom stereocenters. The summed E-state index contributed by atoms with van der Waals surface area (Å²) in [7, 11) is 3.40. The minimum Gasteiger partial charge on any atom is -0.508 e. The molecule has 19 heavy (non-hydrogen) atoms. The molecule has 1 aliphatic heterocycles. The highest BCUT2D eigenvalue weighted by atomic mass is 16.5. The largest absolute Gasteiger partial charge is 0.508 e. The monoisotopic (exact) mass is 267 g/mol. The van der Waals surface area contributed by atoms with Crippen molar-refractivity contribution in [3.63, 3.8) is 0 Å². The summed E-state index contributed by atoms with van der Waals surface area (Å²) in [6, 6.07) is 5.49. The molecule has 0 saturated carbocycles. The Kier molecular flexibility index (Phi) is 5.01. The topological polar surface area (TPSA) is 51.2 Å². The summed E-state index contributed by atoms with van der Waals surface area (Å²) in [5, 5.41) is 9.47. The van der Waals surface area contributed by atoms with Gasteiger partial charge in [0, 0.05) is 38.9 Å². The van der Waals surface area contributed by atoms with Crippen LogP contribution in [0.4, 0.5) is 0 Å². The zero-order valence-electron chi connectivity index (χ0n) is 11.5. The van der Waals surface area contributed by atoms with Crippen molar-refractivity contribution in [2.45, 2.75) is 6.04 Å². The third-order valence-electron chi connectivity index (χ3n) is 3.36. The molecule has 0 aromatic heterocycles. The molecule has 1 heterocycles. The SMILES string of the molecule is COCCN(CCOC)C1COc2cc(O)ccc21. The molecule has 1 aromatic rings. The van der Waals surface area contributed by atoms with Crippen molar-refractivity contribution >= 4 is 0 Å². The van der Waals surface area contributed by atoms with E-state index in [0.29, 0.717) is 19.8 Å². The number of aromatic hydroxyl groups is 1. The van der Waals surface area contributed by atoms with Gasteiger partial charge in [0.15, 0.2) is 0 Å². The maximum absolute atomic E-state index is 9.47. The highest BCUT2D eigenvalue weighted by Gasteiger charge is 2.29. The van der Waals surface area contributed by atoms with Gasteiger partial charge in [0.05, 0.1) is 19.3 Å². The summed E-state index contributed by atoms with van der Waals surface area (Å²) < 4.78 is 16.0. The molecule has 1 N–H and O–H groups in total. The first-order chi connectivity index (χ1) is 9.26. The van der Waals surface area contributed by atoms with Gasteiger partial charge in [-0.1, -0.05) is 0 Å². The molecule has 0 fully saturated rings. The Labute approximate surface area is 113 Å². The van der Waals surface area contributed by atoms with Crippen molar-refractivity contribution < 1.29 is 19.3 Å². The van der Waals surface area contributed by atoms with Crippen LogP contribution >= 0.6 is 0 Å². The zero-order valence-corrected chi connectivity index (χ0v) is 11.5. The molecule has 5 heteroatoms. The molecule has 5 nitrogen and oxygen atoms in total. The van der Waals surface area contributed by atoms with Gasteiger partial charge in [-0.05, 0) is 12.1 Å². The van der Waals surface area contributed by atoms with E-state index < -0.39 is 0 Å². The van der Waals surface area contributed by atoms with Crippen LogP contribution in [0.15, 0.2) is 18.2 Å². The van der Waals surface area contributed by atoms with E-state index in [2.05, 4.69) is 4.90 Å². The fraction of sp³-hybridized carbons (Fsp3) is 0.571. The average Bonchev–Trinajstić information content (AvgIpc) is 2.82. The van der Waals surface area contributed by atoms with Gasteiger partial charge in [-0.2, -0.15) is 0 Å². The van der Waals surface area contributed by atoms with Gasteiger partial charge in [-0.3, -0.25) is 4.90 Å². The molecule has 0 radical (unpaired) electrons. The van der Waals surface area contributed by atoms with Crippen molar-refractivity contribution in [1.29, 1.82) is 0 Å². The van der Waals surface area contributed by atoms with Crippen molar-refractivity contribution in [3.05, 3.63) is 23.8 Å². The van der Waals surface area contributed by atoms with Crippen molar-refractivity contribution in [3.8, 4) is 11.5 Å². The van der Waals surface area contributed by atoms with Gasteiger partial charge in [0.25, 0.3) is 0 Å². The van der Waals surface area contributed by atoms with E-state index in [9.17, 15) is 5.11 Å². The van der Waals surface area contributed by atoms with Crippen molar-refractivity contribution in [2.75, 3.05) is 47.1 Å². The third kappa shape index (κ3) is 3.37. The number of phenolic OH excluding ortho intramolecular Hbond substituents is 1. The lowest BCUT2D eigenvalue weighted by molar-refractivity contribution is 0.0787. The van der Waals surface area contributed by atoms with E-state index in [1.165, 1.54) is 0 Å². The molecule has 1 aliphatic rings. The molecule has 0 bridgehead atoms. The zero-order chi connectivity index (χ0) is 13.7. The first-order valence-electron chi connectivity index (χ1n) is 6.44. The van der Waals surface area contributed by atoms with E-state index in [0.717, 1.165) is 24.4 Å². The number of fused-ring (bicyclic) bond motifs is 1. The number of ether oxygens (including phenoxy) is 3. The van der Waals surface area contributed by atoms with Crippen LogP contribution < -0.4 is 4.74 Å². The summed E-state index contributed by atoms with van der Waals surface area (Å²) in [4.78, 5) is 2.29. The van der Waals surface area contributed by atoms with Crippen LogP contribution in [-0.4, -0.2) is 57.1 Å². The number of hydrogen-bond acceptors (Lipinski definition) is 5. The van der Waals surface area contributed by atoms with Crippen molar-refractivity contribution in [1.82, 2.24) is 4.90 Å². The highest BCUT2D eigenvalue weighted by molar-refractivity contribution is 5.44. The molecule has 0 saturated heterocycles. The fourth-order valence-electron chi connectivity index (χ4n) is 2.32. The Balaban J connectivity index is 2.10. The molecule has 0 spiro atoms. The number of benzene rings is 1. The highest BCUT2D eigenvalue weighted by Crippen LogP contribution is 2.37. The van der Waals surface area contributed by atoms with Gasteiger partial charge in [0.1, 0.15) is 18.1 Å². The average molecular weight is 267 g/mol. The second-order valence-corrected chi connectivity index (χ2v) is 4.57. The Hall–Kier alpha value is -1.30. The summed E-state index contributed by atoms with van der Waals surface area (Å²) in [6.07, 6.45) is 0. The first-order valence-corrected chi connectivity index (χ1v) is 6.44. The van der Waals surface area contributed by atoms with Crippen molar-refractivity contribution in [2.24, 2.45) is 0 Å². The van der Waals surface area contributed by atoms with Gasteiger partial charge < -0.3 is 19.3 Å². The molecule has 0 amide bonds. The number of rotatable bonds is 7. The van der Waals surface area contributed by atoms with Gasteiger partial charge in [-0.15, -0.1) is 0 Å². The Morgan fingerprint density at radius 1 is 1.26 bits per heavy atom. The summed E-state index contributed by atoms with van der Waals surface area (Å²) >= 11 is 0. The molecular weight excluding hydrogens is 246 g/mol. The predicted molar refractivity (Wildman–Crippen MR) is 71.7 cm³/mol. The normalized spacial score (nSPS) is 17.5. The van der Waals surface area contributed by atoms with E-state index >= 15 is 0 Å². The molecule has 1 unspecified atom stereocenters. The van der Waals surface area contributed by atoms with Crippen LogP contribution in [0.3, 0.4) is 0 Å². The number of hydrogen-bond donors (Lipinski definition) is 1. The standard InChI is InChI=1S/C14H21NO4/c1-17-7-5-15(6-8-18-2)13-10-19-14-9-11(16)3-4-12(13)14/h3-4,9,13,16H,5-8,10H2,1-2H3. The van der Waals surface area contributed by atoms with E-state index in [-0.39, 0.29) is 11.8 Å². The quantitative estimate of drug-likeness (QED) is 0.809. The lowest BCUT2D eigenvalue weighted by Crippen LogP contribution is -2.35. The summed E-state index contributed by atoms with van der Waals surface area (Å²) in [6.45, 7) is 3.61. The van der Waals surface area contributed by atoms with Crippen LogP contribution in [0, 0.1) is 0 Å². The van der Waals surface area contributed by atoms with Gasteiger partial charge in [-0.25, -0.2) is 0 Å². The van der Waals surface area contributed by atoms with Gasteiger partial charge >= 0.3 is 0 Å². The number of nitrogens with zero attached hydrogens (tertiary/aromatic N) is 1. The maximum Gasteiger partial charge on any atom is 0.127 e. The maximum atomic E-state index is 9.47. The van der Waals surface area contributed by atoms with Gasteiger partial charge in [0.2, 0.25) is 0 Å². The Morgan fingerprint density at radius 3 is 2.58 bits per heavy atom. The second kappa shape index (κ2) is 6.75. The van der Waals surface area contributed by atoms with E-state index in [1.54, 1.807) is 26.4 Å². The minimum absolute atomic E-state index is 0.195. The Morgan fingerprint density at radius 2 is 1.95 bits per heavy atom. The second-order valence-electron chi connectivity index (χ2n) is 4.57. The van der Waals surface area contributed by atoms with Crippen LogP contribution in [0.25, 0.3) is 0 Å². The van der Waals surface area contributed by atoms with Crippen LogP contribution in [0.2, 0.25) is 0 Å².